The van der Waals surface area contributed by atoms with Crippen LogP contribution in [0.4, 0.5) is 13.2 Å². The molecule has 0 aliphatic carbocycles. The molecule has 27 heavy (non-hydrogen) atoms. The molecule has 0 saturated heterocycles. The first kappa shape index (κ1) is 21.1. The molecule has 0 saturated carbocycles. The third kappa shape index (κ3) is 7.53. The number of ether oxygens (including phenoxy) is 1. The maximum atomic E-state index is 13.1. The summed E-state index contributed by atoms with van der Waals surface area (Å²) in [6.45, 7) is 1.35. The van der Waals surface area contributed by atoms with Gasteiger partial charge < -0.3 is 10.1 Å². The molecule has 1 aromatic carbocycles. The molecular formula is C17H20F3N3O3S. The number of rotatable bonds is 9. The van der Waals surface area contributed by atoms with Gasteiger partial charge in [0.05, 0.1) is 6.26 Å². The van der Waals surface area contributed by atoms with E-state index in [0.29, 0.717) is 31.8 Å². The van der Waals surface area contributed by atoms with Crippen LogP contribution in [0.3, 0.4) is 0 Å². The number of alkyl halides is 3. The number of nitrogens with one attached hydrogen (secondary N) is 2. The summed E-state index contributed by atoms with van der Waals surface area (Å²) < 4.78 is 68.7. The number of halogens is 3. The van der Waals surface area contributed by atoms with Gasteiger partial charge in [-0.3, -0.25) is 0 Å². The molecular weight excluding hydrogens is 383 g/mol. The van der Waals surface area contributed by atoms with Crippen molar-refractivity contribution in [1.82, 2.24) is 15.0 Å². The largest absolute Gasteiger partial charge is 0.476 e. The van der Waals surface area contributed by atoms with E-state index in [2.05, 4.69) is 10.3 Å². The third-order valence-electron chi connectivity index (χ3n) is 3.47. The molecule has 10 heteroatoms. The molecule has 1 heterocycles. The van der Waals surface area contributed by atoms with E-state index in [9.17, 15) is 21.6 Å². The number of hydrogen-bond donors (Lipinski definition) is 2. The average Bonchev–Trinajstić information content (AvgIpc) is 2.59. The Morgan fingerprint density at radius 2 is 1.85 bits per heavy atom. The number of benzene rings is 1. The lowest BCUT2D eigenvalue weighted by Gasteiger charge is -2.21. The van der Waals surface area contributed by atoms with Crippen LogP contribution in [-0.2, 0) is 16.6 Å². The highest BCUT2D eigenvalue weighted by Gasteiger charge is 2.42. The summed E-state index contributed by atoms with van der Waals surface area (Å²) >= 11 is 0. The molecule has 0 radical (unpaired) electrons. The fourth-order valence-corrected chi connectivity index (χ4v) is 2.96. The van der Waals surface area contributed by atoms with E-state index in [1.165, 1.54) is 24.3 Å². The Bertz CT molecular complexity index is 813. The Kier molecular flexibility index (Phi) is 7.17. The van der Waals surface area contributed by atoms with Crippen LogP contribution < -0.4 is 14.8 Å². The molecule has 0 aliphatic rings. The van der Waals surface area contributed by atoms with Gasteiger partial charge in [-0.05, 0) is 17.2 Å². The third-order valence-corrected chi connectivity index (χ3v) is 4.13. The molecule has 0 unspecified atom stereocenters. The number of sulfonamides is 1. The van der Waals surface area contributed by atoms with Crippen molar-refractivity contribution in [1.29, 1.82) is 0 Å². The molecule has 2 rings (SSSR count). The molecule has 0 aliphatic heterocycles. The van der Waals surface area contributed by atoms with E-state index in [-0.39, 0.29) is 5.56 Å². The maximum absolute atomic E-state index is 13.1. The summed E-state index contributed by atoms with van der Waals surface area (Å²) in [5.74, 6) is 0.514. The zero-order valence-corrected chi connectivity index (χ0v) is 15.3. The van der Waals surface area contributed by atoms with Crippen molar-refractivity contribution in [2.75, 3.05) is 19.4 Å². The van der Waals surface area contributed by atoms with E-state index < -0.39 is 22.2 Å². The number of nitrogens with zero attached hydrogens (tertiary/aromatic N) is 1. The maximum Gasteiger partial charge on any atom is 0.408 e. The van der Waals surface area contributed by atoms with Gasteiger partial charge in [-0.15, -0.1) is 0 Å². The van der Waals surface area contributed by atoms with Crippen LogP contribution in [0.25, 0.3) is 0 Å². The Balaban J connectivity index is 1.86. The van der Waals surface area contributed by atoms with Crippen LogP contribution in [0.15, 0.2) is 48.7 Å². The average molecular weight is 403 g/mol. The Hall–Kier alpha value is -2.17. The lowest BCUT2D eigenvalue weighted by atomic mass is 10.1. The second-order valence-corrected chi connectivity index (χ2v) is 7.58. The summed E-state index contributed by atoms with van der Waals surface area (Å²) in [5, 5.41) is 3.10. The zero-order valence-electron chi connectivity index (χ0n) is 14.5. The molecule has 1 atom stereocenters. The SMILES string of the molecule is CS(=O)(=O)N[C@@H](c1ccc(CNCCOc2ccccn2)cc1)C(F)(F)F. The fraction of sp³-hybridized carbons (Fsp3) is 0.353. The summed E-state index contributed by atoms with van der Waals surface area (Å²) in [5.41, 5.74) is 0.590. The van der Waals surface area contributed by atoms with Gasteiger partial charge in [0.15, 0.2) is 0 Å². The van der Waals surface area contributed by atoms with Crippen LogP contribution in [0.5, 0.6) is 5.88 Å². The second kappa shape index (κ2) is 9.16. The molecule has 2 N–H and O–H groups in total. The predicted molar refractivity (Wildman–Crippen MR) is 94.7 cm³/mol. The Morgan fingerprint density at radius 3 is 2.41 bits per heavy atom. The minimum absolute atomic E-state index is 0.171. The highest BCUT2D eigenvalue weighted by atomic mass is 32.2. The van der Waals surface area contributed by atoms with Crippen LogP contribution in [0, 0.1) is 0 Å². The number of aromatic nitrogens is 1. The smallest absolute Gasteiger partial charge is 0.408 e. The van der Waals surface area contributed by atoms with Gasteiger partial charge in [0.2, 0.25) is 15.9 Å². The highest BCUT2D eigenvalue weighted by molar-refractivity contribution is 7.88. The summed E-state index contributed by atoms with van der Waals surface area (Å²) in [4.78, 5) is 4.02. The topological polar surface area (TPSA) is 80.3 Å². The quantitative estimate of drug-likeness (QED) is 0.629. The minimum atomic E-state index is -4.73. The van der Waals surface area contributed by atoms with E-state index in [4.69, 9.17) is 4.74 Å². The van der Waals surface area contributed by atoms with Crippen LogP contribution in [0.1, 0.15) is 17.2 Å². The molecule has 0 spiro atoms. The Labute approximate surface area is 155 Å². The van der Waals surface area contributed by atoms with Gasteiger partial charge in [-0.25, -0.2) is 13.4 Å². The first-order valence-corrected chi connectivity index (χ1v) is 9.92. The second-order valence-electron chi connectivity index (χ2n) is 5.80. The highest BCUT2D eigenvalue weighted by Crippen LogP contribution is 2.33. The van der Waals surface area contributed by atoms with Crippen molar-refractivity contribution in [3.8, 4) is 5.88 Å². The van der Waals surface area contributed by atoms with E-state index in [0.717, 1.165) is 5.56 Å². The van der Waals surface area contributed by atoms with Crippen molar-refractivity contribution in [2.24, 2.45) is 0 Å². The van der Waals surface area contributed by atoms with Crippen molar-refractivity contribution in [2.45, 2.75) is 18.8 Å². The van der Waals surface area contributed by atoms with Gasteiger partial charge in [-0.2, -0.15) is 17.9 Å². The van der Waals surface area contributed by atoms with E-state index >= 15 is 0 Å². The lowest BCUT2D eigenvalue weighted by molar-refractivity contribution is -0.153. The minimum Gasteiger partial charge on any atom is -0.476 e. The van der Waals surface area contributed by atoms with Crippen LogP contribution in [-0.4, -0.2) is 39.0 Å². The molecule has 0 bridgehead atoms. The van der Waals surface area contributed by atoms with Gasteiger partial charge in [-0.1, -0.05) is 30.3 Å². The van der Waals surface area contributed by atoms with Crippen LogP contribution in [0.2, 0.25) is 0 Å². The zero-order chi connectivity index (χ0) is 19.9. The van der Waals surface area contributed by atoms with Crippen molar-refractivity contribution in [3.63, 3.8) is 0 Å². The standard InChI is InChI=1S/C17H20F3N3O3S/c1-27(24,25)23-16(17(18,19)20)14-7-5-13(6-8-14)12-21-10-11-26-15-4-2-3-9-22-15/h2-9,16,21,23H,10-12H2,1H3/t16-/m0/s1. The number of hydrogen-bond acceptors (Lipinski definition) is 5. The molecule has 148 valence electrons. The first-order valence-electron chi connectivity index (χ1n) is 8.02. The van der Waals surface area contributed by atoms with Gasteiger partial charge >= 0.3 is 6.18 Å². The van der Waals surface area contributed by atoms with Crippen molar-refractivity contribution >= 4 is 10.0 Å². The first-order chi connectivity index (χ1) is 12.6. The molecule has 6 nitrogen and oxygen atoms in total. The summed E-state index contributed by atoms with van der Waals surface area (Å²) in [7, 11) is -4.01. The normalized spacial score (nSPS) is 13.3. The van der Waals surface area contributed by atoms with Crippen molar-refractivity contribution < 1.29 is 26.3 Å². The van der Waals surface area contributed by atoms with Crippen LogP contribution >= 0.6 is 0 Å². The summed E-state index contributed by atoms with van der Waals surface area (Å²) in [6.07, 6.45) is -2.42. The molecule has 0 amide bonds. The Morgan fingerprint density at radius 1 is 1.15 bits per heavy atom. The van der Waals surface area contributed by atoms with Gasteiger partial charge in [0.1, 0.15) is 12.6 Å². The van der Waals surface area contributed by atoms with Gasteiger partial charge in [0, 0.05) is 25.4 Å². The van der Waals surface area contributed by atoms with Gasteiger partial charge in [0.25, 0.3) is 0 Å². The lowest BCUT2D eigenvalue weighted by Crippen LogP contribution is -2.37. The van der Waals surface area contributed by atoms with Crippen molar-refractivity contribution in [3.05, 3.63) is 59.8 Å². The predicted octanol–water partition coefficient (Wildman–Crippen LogP) is 2.40. The fourth-order valence-electron chi connectivity index (χ4n) is 2.26. The molecule has 2 aromatic rings. The summed E-state index contributed by atoms with van der Waals surface area (Å²) in [6, 6.07) is 8.61. The molecule has 1 aromatic heterocycles. The van der Waals surface area contributed by atoms with E-state index in [1.54, 1.807) is 23.1 Å². The molecule has 0 fully saturated rings. The number of pyridine rings is 1. The monoisotopic (exact) mass is 403 g/mol. The van der Waals surface area contributed by atoms with E-state index in [1.807, 2.05) is 6.07 Å².